The number of para-hydroxylation sites is 4. The maximum Gasteiger partial charge on any atom is 0.0618 e. The lowest BCUT2D eigenvalue weighted by molar-refractivity contribution is 0.663. The molecule has 1 aliphatic carbocycles. The Balaban J connectivity index is 1.07. The molecule has 0 atom stereocenters. The third-order valence-corrected chi connectivity index (χ3v) is 12.1. The van der Waals surface area contributed by atoms with E-state index in [4.69, 9.17) is 0 Å². The predicted molar refractivity (Wildman–Crippen MR) is 243 cm³/mol. The van der Waals surface area contributed by atoms with E-state index in [9.17, 15) is 0 Å². The van der Waals surface area contributed by atoms with Crippen molar-refractivity contribution in [2.24, 2.45) is 0 Å². The summed E-state index contributed by atoms with van der Waals surface area (Å²) >= 11 is 0. The summed E-state index contributed by atoms with van der Waals surface area (Å²) in [5.41, 5.74) is 14.8. The summed E-state index contributed by atoms with van der Waals surface area (Å²) in [7, 11) is 0. The topological polar surface area (TPSA) is 8.17 Å². The smallest absolute Gasteiger partial charge is 0.0618 e. The zero-order chi connectivity index (χ0) is 38.1. The molecule has 2 heteroatoms. The molecule has 0 N–H and O–H groups in total. The highest BCUT2D eigenvalue weighted by molar-refractivity contribution is 6.19. The van der Waals surface area contributed by atoms with Crippen molar-refractivity contribution < 1.29 is 0 Å². The summed E-state index contributed by atoms with van der Waals surface area (Å²) in [4.78, 5) is 2.41. The SMILES string of the molecule is CC1(C)c2cc(/C=C/c3c4ccccc4c(N(c4ccccc4)c4ccccc4)c4ccccc34)ccc2-c2ccc3c4ccccc4n(-c4ccccc4)c3c21. The Bertz CT molecular complexity index is 3090. The Morgan fingerprint density at radius 1 is 0.456 bits per heavy atom. The van der Waals surface area contributed by atoms with Crippen LogP contribution in [0.15, 0.2) is 194 Å². The van der Waals surface area contributed by atoms with Crippen LogP contribution in [-0.2, 0) is 5.41 Å². The van der Waals surface area contributed by atoms with Crippen molar-refractivity contribution >= 4 is 72.6 Å². The zero-order valence-electron chi connectivity index (χ0n) is 32.0. The molecule has 0 bridgehead atoms. The van der Waals surface area contributed by atoms with Gasteiger partial charge >= 0.3 is 0 Å². The molecule has 0 saturated heterocycles. The number of aromatic nitrogens is 1. The monoisotopic (exact) mass is 728 g/mol. The second-order valence-electron chi connectivity index (χ2n) is 15.7. The highest BCUT2D eigenvalue weighted by atomic mass is 15.1. The molecule has 0 fully saturated rings. The van der Waals surface area contributed by atoms with E-state index < -0.39 is 0 Å². The molecule has 0 saturated carbocycles. The average molecular weight is 729 g/mol. The Hall–Kier alpha value is -7.16. The van der Waals surface area contributed by atoms with Crippen LogP contribution in [0.1, 0.15) is 36.1 Å². The van der Waals surface area contributed by atoms with E-state index in [1.54, 1.807) is 0 Å². The Kier molecular flexibility index (Phi) is 7.55. The lowest BCUT2D eigenvalue weighted by Gasteiger charge is -2.29. The van der Waals surface area contributed by atoms with Crippen LogP contribution in [0, 0.1) is 0 Å². The third kappa shape index (κ3) is 5.11. The molecular weight excluding hydrogens is 689 g/mol. The van der Waals surface area contributed by atoms with Gasteiger partial charge in [-0.2, -0.15) is 0 Å². The fraction of sp³-hybridized carbons (Fsp3) is 0.0545. The number of fused-ring (bicyclic) bond motifs is 9. The van der Waals surface area contributed by atoms with Crippen molar-refractivity contribution in [2.75, 3.05) is 4.90 Å². The minimum absolute atomic E-state index is 0.214. The van der Waals surface area contributed by atoms with Gasteiger partial charge in [-0.3, -0.25) is 0 Å². The third-order valence-electron chi connectivity index (χ3n) is 12.1. The largest absolute Gasteiger partial charge is 0.309 e. The fourth-order valence-electron chi connectivity index (χ4n) is 9.61. The first-order chi connectivity index (χ1) is 28.1. The molecule has 1 aromatic heterocycles. The first kappa shape index (κ1) is 33.2. The van der Waals surface area contributed by atoms with Gasteiger partial charge in [-0.25, -0.2) is 0 Å². The van der Waals surface area contributed by atoms with Crippen molar-refractivity contribution in [1.29, 1.82) is 0 Å². The molecular formula is C55H40N2. The minimum atomic E-state index is -0.214. The molecule has 0 spiro atoms. The molecule has 1 aliphatic rings. The maximum atomic E-state index is 2.48. The normalized spacial score (nSPS) is 13.2. The second kappa shape index (κ2) is 13.0. The first-order valence-electron chi connectivity index (χ1n) is 19.9. The van der Waals surface area contributed by atoms with Gasteiger partial charge in [-0.15, -0.1) is 0 Å². The fourth-order valence-corrected chi connectivity index (χ4v) is 9.61. The van der Waals surface area contributed by atoms with Crippen molar-refractivity contribution in [3.8, 4) is 16.8 Å². The molecule has 270 valence electrons. The molecule has 9 aromatic carbocycles. The first-order valence-corrected chi connectivity index (χ1v) is 19.9. The minimum Gasteiger partial charge on any atom is -0.309 e. The lowest BCUT2D eigenvalue weighted by atomic mass is 9.81. The van der Waals surface area contributed by atoms with E-state index in [1.165, 1.54) is 88.1 Å². The second-order valence-corrected chi connectivity index (χ2v) is 15.7. The summed E-state index contributed by atoms with van der Waals surface area (Å²) in [6.07, 6.45) is 4.65. The van der Waals surface area contributed by atoms with E-state index in [0.717, 1.165) is 11.4 Å². The number of anilines is 3. The molecule has 11 rings (SSSR count). The van der Waals surface area contributed by atoms with Gasteiger partial charge in [0.05, 0.1) is 16.7 Å². The predicted octanol–water partition coefficient (Wildman–Crippen LogP) is 15.0. The highest BCUT2D eigenvalue weighted by Gasteiger charge is 2.38. The standard InChI is InChI=1S/C55H40N2/c1-55(2)50-36-37(31-33-44(50)46-34-35-49-45-26-16-17-29-51(45)57(54(49)52(46)55)40-22-10-5-11-23-40)30-32-43-41-24-12-14-27-47(41)53(48-28-15-13-25-42(43)48)56(38-18-6-3-7-19-38)39-20-8-4-9-21-39/h3-36H,1-2H3/b32-30+. The number of rotatable bonds is 6. The molecule has 0 amide bonds. The molecule has 10 aromatic rings. The van der Waals surface area contributed by atoms with Gasteiger partial charge in [0.25, 0.3) is 0 Å². The number of benzene rings is 9. The quantitative estimate of drug-likeness (QED) is 0.122. The molecule has 1 heterocycles. The maximum absolute atomic E-state index is 2.48. The van der Waals surface area contributed by atoms with Crippen LogP contribution >= 0.6 is 0 Å². The van der Waals surface area contributed by atoms with Crippen LogP contribution in [0.25, 0.3) is 72.3 Å². The number of nitrogens with zero attached hydrogens (tertiary/aromatic N) is 2. The molecule has 0 radical (unpaired) electrons. The van der Waals surface area contributed by atoms with Crippen LogP contribution in [0.4, 0.5) is 17.1 Å². The Morgan fingerprint density at radius 2 is 0.982 bits per heavy atom. The summed E-state index contributed by atoms with van der Waals surface area (Å²) in [6, 6.07) is 70.6. The van der Waals surface area contributed by atoms with E-state index in [2.05, 4.69) is 230 Å². The summed E-state index contributed by atoms with van der Waals surface area (Å²) in [5, 5.41) is 7.47. The van der Waals surface area contributed by atoms with Crippen LogP contribution in [0.5, 0.6) is 0 Å². The van der Waals surface area contributed by atoms with Gasteiger partial charge in [-0.05, 0) is 86.6 Å². The molecule has 57 heavy (non-hydrogen) atoms. The highest BCUT2D eigenvalue weighted by Crippen LogP contribution is 2.53. The molecule has 0 aliphatic heterocycles. The lowest BCUT2D eigenvalue weighted by Crippen LogP contribution is -2.16. The van der Waals surface area contributed by atoms with Gasteiger partial charge in [0.2, 0.25) is 0 Å². The van der Waals surface area contributed by atoms with Crippen LogP contribution < -0.4 is 4.90 Å². The van der Waals surface area contributed by atoms with Gasteiger partial charge in [0, 0.05) is 44.0 Å². The van der Waals surface area contributed by atoms with Crippen molar-refractivity contribution in [3.05, 3.63) is 216 Å². The number of hydrogen-bond acceptors (Lipinski definition) is 1. The van der Waals surface area contributed by atoms with Gasteiger partial charge < -0.3 is 9.47 Å². The van der Waals surface area contributed by atoms with E-state index in [-0.39, 0.29) is 5.41 Å². The van der Waals surface area contributed by atoms with Crippen LogP contribution in [0.3, 0.4) is 0 Å². The van der Waals surface area contributed by atoms with Gasteiger partial charge in [-0.1, -0.05) is 178 Å². The van der Waals surface area contributed by atoms with E-state index in [0.29, 0.717) is 0 Å². The summed E-state index contributed by atoms with van der Waals surface area (Å²) in [6.45, 7) is 4.81. The Morgan fingerprint density at radius 3 is 1.61 bits per heavy atom. The molecule has 2 nitrogen and oxygen atoms in total. The summed E-state index contributed by atoms with van der Waals surface area (Å²) < 4.78 is 2.48. The molecule has 0 unspecified atom stereocenters. The van der Waals surface area contributed by atoms with Gasteiger partial charge in [0.1, 0.15) is 0 Å². The van der Waals surface area contributed by atoms with Crippen LogP contribution in [-0.4, -0.2) is 4.57 Å². The van der Waals surface area contributed by atoms with Crippen molar-refractivity contribution in [2.45, 2.75) is 19.3 Å². The van der Waals surface area contributed by atoms with Gasteiger partial charge in [0.15, 0.2) is 0 Å². The van der Waals surface area contributed by atoms with E-state index in [1.807, 2.05) is 0 Å². The average Bonchev–Trinajstić information content (AvgIpc) is 3.72. The Labute approximate surface area is 333 Å². The zero-order valence-corrected chi connectivity index (χ0v) is 32.0. The van der Waals surface area contributed by atoms with E-state index >= 15 is 0 Å². The van der Waals surface area contributed by atoms with Crippen molar-refractivity contribution in [3.63, 3.8) is 0 Å². The van der Waals surface area contributed by atoms with Crippen LogP contribution in [0.2, 0.25) is 0 Å². The number of hydrogen-bond donors (Lipinski definition) is 0. The van der Waals surface area contributed by atoms with Crippen molar-refractivity contribution in [1.82, 2.24) is 4.57 Å². The summed E-state index contributed by atoms with van der Waals surface area (Å²) in [5.74, 6) is 0.